The average molecular weight is 436 g/mol. The van der Waals surface area contributed by atoms with E-state index in [1.54, 1.807) is 18.2 Å². The Balaban J connectivity index is 1.65. The molecule has 2 aromatic carbocycles. The third kappa shape index (κ3) is 5.19. The molecule has 0 fully saturated rings. The predicted molar refractivity (Wildman–Crippen MR) is 105 cm³/mol. The molecule has 0 aromatic heterocycles. The fraction of sp³-hybridized carbons (Fsp3) is 0.263. The monoisotopic (exact) mass is 436 g/mol. The Labute approximate surface area is 172 Å². The zero-order chi connectivity index (χ0) is 21.7. The fourth-order valence-electron chi connectivity index (χ4n) is 2.67. The Kier molecular flexibility index (Phi) is 6.43. The van der Waals surface area contributed by atoms with Crippen molar-refractivity contribution < 1.29 is 37.0 Å². The van der Waals surface area contributed by atoms with Gasteiger partial charge >= 0.3 is 5.97 Å². The lowest BCUT2D eigenvalue weighted by molar-refractivity contribution is -0.119. The number of benzene rings is 2. The van der Waals surface area contributed by atoms with E-state index >= 15 is 0 Å². The number of anilines is 1. The van der Waals surface area contributed by atoms with Crippen LogP contribution in [0.15, 0.2) is 41.3 Å². The summed E-state index contributed by atoms with van der Waals surface area (Å²) in [7, 11) is -2.73. The van der Waals surface area contributed by atoms with Gasteiger partial charge in [-0.2, -0.15) is 0 Å². The lowest BCUT2D eigenvalue weighted by Gasteiger charge is -2.12. The second-order valence-corrected chi connectivity index (χ2v) is 7.80. The van der Waals surface area contributed by atoms with E-state index in [-0.39, 0.29) is 16.2 Å². The molecule has 0 radical (unpaired) electrons. The highest BCUT2D eigenvalue weighted by molar-refractivity contribution is 7.89. The van der Waals surface area contributed by atoms with Crippen LogP contribution >= 0.6 is 0 Å². The number of fused-ring (bicyclic) bond motifs is 1. The SMILES string of the molecule is COc1ccc(S(N)(=O)=O)cc1C(=O)OCC(=O)Nc1ccc2c(c1)OCCCO2. The molecule has 2 aromatic rings. The zero-order valence-corrected chi connectivity index (χ0v) is 16.9. The Morgan fingerprint density at radius 3 is 2.53 bits per heavy atom. The highest BCUT2D eigenvalue weighted by Crippen LogP contribution is 2.32. The van der Waals surface area contributed by atoms with Crippen molar-refractivity contribution >= 4 is 27.6 Å². The van der Waals surface area contributed by atoms with Crippen LogP contribution in [0.2, 0.25) is 0 Å². The van der Waals surface area contributed by atoms with Crippen LogP contribution in [0.5, 0.6) is 17.2 Å². The number of primary sulfonamides is 1. The summed E-state index contributed by atoms with van der Waals surface area (Å²) >= 11 is 0. The molecular formula is C19H20N2O8S. The second-order valence-electron chi connectivity index (χ2n) is 6.24. The molecule has 10 nitrogen and oxygen atoms in total. The summed E-state index contributed by atoms with van der Waals surface area (Å²) in [6.45, 7) is 0.447. The molecule has 0 atom stereocenters. The van der Waals surface area contributed by atoms with E-state index in [1.807, 2.05) is 0 Å². The van der Waals surface area contributed by atoms with Crippen LogP contribution in [0.1, 0.15) is 16.8 Å². The van der Waals surface area contributed by atoms with Crippen molar-refractivity contribution in [1.82, 2.24) is 0 Å². The summed E-state index contributed by atoms with van der Waals surface area (Å²) in [5.74, 6) is -0.369. The van der Waals surface area contributed by atoms with Crippen molar-refractivity contribution in [2.75, 3.05) is 32.2 Å². The van der Waals surface area contributed by atoms with Crippen LogP contribution in [0.4, 0.5) is 5.69 Å². The first-order valence-electron chi connectivity index (χ1n) is 8.85. The largest absolute Gasteiger partial charge is 0.496 e. The lowest BCUT2D eigenvalue weighted by Crippen LogP contribution is -2.21. The Morgan fingerprint density at radius 1 is 1.10 bits per heavy atom. The van der Waals surface area contributed by atoms with Gasteiger partial charge in [-0.05, 0) is 30.3 Å². The standard InChI is InChI=1S/C19H20N2O8S/c1-26-15-6-4-13(30(20,24)25)10-14(15)19(23)29-11-18(22)21-12-3-5-16-17(9-12)28-8-2-7-27-16/h3-6,9-10H,2,7-8,11H2,1H3,(H,21,22)(H2,20,24,25). The number of ether oxygens (including phenoxy) is 4. The molecule has 0 aliphatic carbocycles. The van der Waals surface area contributed by atoms with Crippen molar-refractivity contribution in [2.45, 2.75) is 11.3 Å². The minimum atomic E-state index is -4.03. The summed E-state index contributed by atoms with van der Waals surface area (Å²) in [5, 5.41) is 7.66. The molecule has 0 bridgehead atoms. The highest BCUT2D eigenvalue weighted by Gasteiger charge is 2.20. The molecule has 0 unspecified atom stereocenters. The van der Waals surface area contributed by atoms with Gasteiger partial charge in [-0.25, -0.2) is 18.4 Å². The van der Waals surface area contributed by atoms with Gasteiger partial charge in [0.05, 0.1) is 25.2 Å². The molecule has 11 heteroatoms. The first-order chi connectivity index (χ1) is 14.3. The minimum Gasteiger partial charge on any atom is -0.496 e. The van der Waals surface area contributed by atoms with E-state index in [0.29, 0.717) is 30.4 Å². The summed E-state index contributed by atoms with van der Waals surface area (Å²) < 4.78 is 44.1. The maximum Gasteiger partial charge on any atom is 0.342 e. The summed E-state index contributed by atoms with van der Waals surface area (Å²) in [5.41, 5.74) is 0.265. The van der Waals surface area contributed by atoms with Gasteiger partial charge < -0.3 is 24.3 Å². The van der Waals surface area contributed by atoms with E-state index in [1.165, 1.54) is 19.2 Å². The number of nitrogens with one attached hydrogen (secondary N) is 1. The molecular weight excluding hydrogens is 416 g/mol. The van der Waals surface area contributed by atoms with Crippen LogP contribution in [-0.4, -0.2) is 47.2 Å². The van der Waals surface area contributed by atoms with Crippen LogP contribution in [0.3, 0.4) is 0 Å². The number of methoxy groups -OCH3 is 1. The average Bonchev–Trinajstić information content (AvgIpc) is 2.95. The number of carbonyl (C=O) groups excluding carboxylic acids is 2. The second kappa shape index (κ2) is 9.01. The summed E-state index contributed by atoms with van der Waals surface area (Å²) in [4.78, 5) is 24.2. The summed E-state index contributed by atoms with van der Waals surface area (Å²) in [6.07, 6.45) is 0.752. The topological polar surface area (TPSA) is 143 Å². The van der Waals surface area contributed by atoms with Gasteiger partial charge in [0.25, 0.3) is 5.91 Å². The number of amides is 1. The molecule has 0 spiro atoms. The van der Waals surface area contributed by atoms with Crippen LogP contribution in [-0.2, 0) is 19.6 Å². The van der Waals surface area contributed by atoms with Crippen molar-refractivity contribution in [2.24, 2.45) is 5.14 Å². The van der Waals surface area contributed by atoms with E-state index in [9.17, 15) is 18.0 Å². The van der Waals surface area contributed by atoms with Gasteiger partial charge in [0.2, 0.25) is 10.0 Å². The lowest BCUT2D eigenvalue weighted by atomic mass is 10.2. The smallest absolute Gasteiger partial charge is 0.342 e. The highest BCUT2D eigenvalue weighted by atomic mass is 32.2. The Morgan fingerprint density at radius 2 is 1.83 bits per heavy atom. The van der Waals surface area contributed by atoms with Gasteiger partial charge in [-0.1, -0.05) is 0 Å². The number of esters is 1. The molecule has 1 heterocycles. The van der Waals surface area contributed by atoms with Crippen molar-refractivity contribution in [3.05, 3.63) is 42.0 Å². The van der Waals surface area contributed by atoms with E-state index in [2.05, 4.69) is 5.32 Å². The van der Waals surface area contributed by atoms with Crippen LogP contribution < -0.4 is 24.7 Å². The van der Waals surface area contributed by atoms with Crippen LogP contribution in [0.25, 0.3) is 0 Å². The number of hydrogen-bond acceptors (Lipinski definition) is 8. The number of nitrogens with two attached hydrogens (primary N) is 1. The van der Waals surface area contributed by atoms with Gasteiger partial charge in [0, 0.05) is 18.2 Å². The van der Waals surface area contributed by atoms with Gasteiger partial charge in [-0.3, -0.25) is 4.79 Å². The molecule has 0 saturated carbocycles. The van der Waals surface area contributed by atoms with Crippen molar-refractivity contribution in [3.8, 4) is 17.2 Å². The molecule has 1 aliphatic rings. The molecule has 1 amide bonds. The van der Waals surface area contributed by atoms with Crippen molar-refractivity contribution in [1.29, 1.82) is 0 Å². The number of carbonyl (C=O) groups is 2. The number of rotatable bonds is 6. The zero-order valence-electron chi connectivity index (χ0n) is 16.0. The normalized spacial score (nSPS) is 13.1. The quantitative estimate of drug-likeness (QED) is 0.645. The van der Waals surface area contributed by atoms with Crippen molar-refractivity contribution in [3.63, 3.8) is 0 Å². The van der Waals surface area contributed by atoms with E-state index in [0.717, 1.165) is 12.5 Å². The third-order valence-electron chi connectivity index (χ3n) is 4.09. The Bertz CT molecular complexity index is 1070. The van der Waals surface area contributed by atoms with Crippen LogP contribution in [0, 0.1) is 0 Å². The molecule has 3 rings (SSSR count). The third-order valence-corrected chi connectivity index (χ3v) is 5.00. The number of hydrogen-bond donors (Lipinski definition) is 2. The molecule has 3 N–H and O–H groups in total. The molecule has 30 heavy (non-hydrogen) atoms. The predicted octanol–water partition coefficient (Wildman–Crippen LogP) is 1.30. The van der Waals surface area contributed by atoms with E-state index < -0.39 is 28.5 Å². The van der Waals surface area contributed by atoms with Gasteiger partial charge in [0.1, 0.15) is 11.3 Å². The Hall–Kier alpha value is -3.31. The molecule has 160 valence electrons. The molecule has 0 saturated heterocycles. The minimum absolute atomic E-state index is 0.0794. The number of sulfonamides is 1. The van der Waals surface area contributed by atoms with Gasteiger partial charge in [0.15, 0.2) is 18.1 Å². The maximum atomic E-state index is 12.3. The fourth-order valence-corrected chi connectivity index (χ4v) is 3.21. The van der Waals surface area contributed by atoms with Gasteiger partial charge in [-0.15, -0.1) is 0 Å². The first-order valence-corrected chi connectivity index (χ1v) is 10.4. The maximum absolute atomic E-state index is 12.3. The summed E-state index contributed by atoms with van der Waals surface area (Å²) in [6, 6.07) is 8.41. The van der Waals surface area contributed by atoms with E-state index in [4.69, 9.17) is 24.1 Å². The first kappa shape index (κ1) is 21.4. The molecule has 1 aliphatic heterocycles.